The molecule has 1 saturated heterocycles. The second-order valence-corrected chi connectivity index (χ2v) is 6.39. The number of piperidine rings is 1. The molecule has 0 spiro atoms. The van der Waals surface area contributed by atoms with Crippen LogP contribution in [0.1, 0.15) is 23.7 Å². The van der Waals surface area contributed by atoms with Crippen LogP contribution in [-0.2, 0) is 0 Å². The molecule has 2 aliphatic rings. The molecule has 0 saturated carbocycles. The monoisotopic (exact) mass is 354 g/mol. The summed E-state index contributed by atoms with van der Waals surface area (Å²) in [6.45, 7) is 5.05. The molecule has 0 aromatic heterocycles. The van der Waals surface area contributed by atoms with Gasteiger partial charge in [0.1, 0.15) is 13.2 Å². The number of hydrogen-bond donors (Lipinski definition) is 2. The van der Waals surface area contributed by atoms with Crippen LogP contribution in [0.3, 0.4) is 0 Å². The van der Waals surface area contributed by atoms with E-state index in [1.165, 1.54) is 0 Å². The Labute approximate surface area is 132 Å². The normalized spacial score (nSPS) is 24.5. The van der Waals surface area contributed by atoms with Gasteiger partial charge >= 0.3 is 0 Å². The summed E-state index contributed by atoms with van der Waals surface area (Å²) in [4.78, 5) is 12.4. The summed E-state index contributed by atoms with van der Waals surface area (Å²) in [6.07, 6.45) is 1.08. The van der Waals surface area contributed by atoms with Gasteiger partial charge in [0.15, 0.2) is 11.5 Å². The quantitative estimate of drug-likeness (QED) is 0.852. The van der Waals surface area contributed by atoms with E-state index < -0.39 is 0 Å². The molecule has 2 N–H and O–H groups in total. The van der Waals surface area contributed by atoms with Gasteiger partial charge in [0, 0.05) is 18.2 Å². The molecule has 1 fully saturated rings. The third-order valence-electron chi connectivity index (χ3n) is 4.00. The third-order valence-corrected chi connectivity index (χ3v) is 4.59. The van der Waals surface area contributed by atoms with Crippen molar-refractivity contribution in [2.75, 3.05) is 26.3 Å². The zero-order valence-corrected chi connectivity index (χ0v) is 13.5. The van der Waals surface area contributed by atoms with Crippen molar-refractivity contribution in [3.63, 3.8) is 0 Å². The first-order chi connectivity index (χ1) is 10.1. The lowest BCUT2D eigenvalue weighted by atomic mass is 9.94. The molecular weight excluding hydrogens is 336 g/mol. The molecule has 2 aliphatic heterocycles. The maximum Gasteiger partial charge on any atom is 0.251 e. The van der Waals surface area contributed by atoms with Crippen LogP contribution in [0.2, 0.25) is 0 Å². The van der Waals surface area contributed by atoms with Gasteiger partial charge in [-0.2, -0.15) is 0 Å². The van der Waals surface area contributed by atoms with E-state index in [2.05, 4.69) is 33.5 Å². The van der Waals surface area contributed by atoms with Crippen molar-refractivity contribution in [2.24, 2.45) is 5.92 Å². The van der Waals surface area contributed by atoms with E-state index in [4.69, 9.17) is 9.47 Å². The molecule has 0 radical (unpaired) electrons. The van der Waals surface area contributed by atoms with Crippen LogP contribution in [0.15, 0.2) is 16.6 Å². The summed E-state index contributed by atoms with van der Waals surface area (Å²) in [5, 5.41) is 6.42. The lowest BCUT2D eigenvalue weighted by molar-refractivity contribution is 0.0914. The standard InChI is InChI=1S/C15H19BrN2O3/c1-9-2-3-17-8-12(9)18-15(19)10-6-11(16)14-13(7-10)20-4-5-21-14/h6-7,9,12,17H,2-5,8H2,1H3,(H,18,19). The molecule has 21 heavy (non-hydrogen) atoms. The van der Waals surface area contributed by atoms with E-state index in [-0.39, 0.29) is 11.9 Å². The third kappa shape index (κ3) is 3.16. The van der Waals surface area contributed by atoms with Crippen LogP contribution in [0.25, 0.3) is 0 Å². The Balaban J connectivity index is 1.76. The maximum absolute atomic E-state index is 12.4. The van der Waals surface area contributed by atoms with Crippen molar-refractivity contribution in [1.29, 1.82) is 0 Å². The zero-order valence-electron chi connectivity index (χ0n) is 11.9. The Bertz CT molecular complexity index is 550. The molecule has 114 valence electrons. The number of carbonyl (C=O) groups excluding carboxylic acids is 1. The summed E-state index contributed by atoms with van der Waals surface area (Å²) in [5.41, 5.74) is 0.587. The number of nitrogens with one attached hydrogen (secondary N) is 2. The fourth-order valence-electron chi connectivity index (χ4n) is 2.68. The zero-order chi connectivity index (χ0) is 14.8. The fraction of sp³-hybridized carbons (Fsp3) is 0.533. The van der Waals surface area contributed by atoms with Crippen LogP contribution in [-0.4, -0.2) is 38.3 Å². The van der Waals surface area contributed by atoms with Gasteiger partial charge in [-0.05, 0) is 46.9 Å². The first-order valence-corrected chi connectivity index (χ1v) is 8.05. The molecule has 0 bridgehead atoms. The largest absolute Gasteiger partial charge is 0.486 e. The van der Waals surface area contributed by atoms with Gasteiger partial charge in [-0.25, -0.2) is 0 Å². The number of halogens is 1. The van der Waals surface area contributed by atoms with Crippen molar-refractivity contribution in [1.82, 2.24) is 10.6 Å². The minimum atomic E-state index is -0.0757. The summed E-state index contributed by atoms with van der Waals surface area (Å²) in [7, 11) is 0. The number of rotatable bonds is 2. The summed E-state index contributed by atoms with van der Waals surface area (Å²) in [5.74, 6) is 1.70. The van der Waals surface area contributed by atoms with Crippen LogP contribution < -0.4 is 20.1 Å². The smallest absolute Gasteiger partial charge is 0.251 e. The Kier molecular flexibility index (Phi) is 4.35. The number of ether oxygens (including phenoxy) is 2. The van der Waals surface area contributed by atoms with Crippen molar-refractivity contribution in [3.05, 3.63) is 22.2 Å². The number of benzene rings is 1. The minimum absolute atomic E-state index is 0.0757. The molecule has 0 aliphatic carbocycles. The predicted molar refractivity (Wildman–Crippen MR) is 83.0 cm³/mol. The second kappa shape index (κ2) is 6.23. The van der Waals surface area contributed by atoms with Crippen molar-refractivity contribution >= 4 is 21.8 Å². The molecule has 1 aromatic carbocycles. The molecule has 1 amide bonds. The second-order valence-electron chi connectivity index (χ2n) is 5.53. The fourth-order valence-corrected chi connectivity index (χ4v) is 3.23. The number of amides is 1. The van der Waals surface area contributed by atoms with Crippen LogP contribution in [0.4, 0.5) is 0 Å². The first-order valence-electron chi connectivity index (χ1n) is 7.26. The number of hydrogen-bond acceptors (Lipinski definition) is 4. The van der Waals surface area contributed by atoms with E-state index in [1.54, 1.807) is 12.1 Å². The molecule has 2 heterocycles. The molecule has 5 nitrogen and oxygen atoms in total. The Hall–Kier alpha value is -1.27. The van der Waals surface area contributed by atoms with E-state index in [0.29, 0.717) is 36.2 Å². The summed E-state index contributed by atoms with van der Waals surface area (Å²) >= 11 is 3.44. The average molecular weight is 355 g/mol. The van der Waals surface area contributed by atoms with Crippen LogP contribution in [0, 0.1) is 5.92 Å². The minimum Gasteiger partial charge on any atom is -0.486 e. The van der Waals surface area contributed by atoms with E-state index >= 15 is 0 Å². The molecular formula is C15H19BrN2O3. The summed E-state index contributed by atoms with van der Waals surface area (Å²) < 4.78 is 11.9. The van der Waals surface area contributed by atoms with Crippen LogP contribution in [0.5, 0.6) is 11.5 Å². The highest BCUT2D eigenvalue weighted by Crippen LogP contribution is 2.38. The first kappa shape index (κ1) is 14.7. The van der Waals surface area contributed by atoms with Crippen molar-refractivity contribution in [3.8, 4) is 11.5 Å². The number of fused-ring (bicyclic) bond motifs is 1. The highest BCUT2D eigenvalue weighted by Gasteiger charge is 2.24. The van der Waals surface area contributed by atoms with Crippen molar-refractivity contribution < 1.29 is 14.3 Å². The van der Waals surface area contributed by atoms with Crippen molar-refractivity contribution in [2.45, 2.75) is 19.4 Å². The van der Waals surface area contributed by atoms with E-state index in [1.807, 2.05) is 0 Å². The van der Waals surface area contributed by atoms with Gasteiger partial charge in [0.2, 0.25) is 0 Å². The van der Waals surface area contributed by atoms with Gasteiger partial charge < -0.3 is 20.1 Å². The molecule has 3 rings (SSSR count). The topological polar surface area (TPSA) is 59.6 Å². The van der Waals surface area contributed by atoms with Gasteiger partial charge in [-0.15, -0.1) is 0 Å². The van der Waals surface area contributed by atoms with E-state index in [0.717, 1.165) is 24.0 Å². The highest BCUT2D eigenvalue weighted by molar-refractivity contribution is 9.10. The van der Waals surface area contributed by atoms with Crippen LogP contribution >= 0.6 is 15.9 Å². The summed E-state index contributed by atoms with van der Waals surface area (Å²) in [6, 6.07) is 3.69. The lowest BCUT2D eigenvalue weighted by Gasteiger charge is -2.30. The van der Waals surface area contributed by atoms with Gasteiger partial charge in [-0.1, -0.05) is 6.92 Å². The van der Waals surface area contributed by atoms with Gasteiger partial charge in [-0.3, -0.25) is 4.79 Å². The predicted octanol–water partition coefficient (Wildman–Crippen LogP) is 1.95. The molecule has 2 atom stereocenters. The Morgan fingerprint density at radius 2 is 2.19 bits per heavy atom. The Morgan fingerprint density at radius 3 is 3.00 bits per heavy atom. The lowest BCUT2D eigenvalue weighted by Crippen LogP contribution is -2.50. The number of carbonyl (C=O) groups is 1. The average Bonchev–Trinajstić information content (AvgIpc) is 2.49. The molecule has 6 heteroatoms. The molecule has 2 unspecified atom stereocenters. The van der Waals surface area contributed by atoms with Gasteiger partial charge in [0.25, 0.3) is 5.91 Å². The van der Waals surface area contributed by atoms with E-state index in [9.17, 15) is 4.79 Å². The maximum atomic E-state index is 12.4. The Morgan fingerprint density at radius 1 is 1.38 bits per heavy atom. The SMILES string of the molecule is CC1CCNCC1NC(=O)c1cc(Br)c2c(c1)OCCO2. The molecule has 1 aromatic rings. The highest BCUT2D eigenvalue weighted by atomic mass is 79.9. The van der Waals surface area contributed by atoms with Gasteiger partial charge in [0.05, 0.1) is 4.47 Å².